The SMILES string of the molecule is COCCC(C)Nc1ncnc2cc(C(=O)O)ccc12. The molecule has 1 aromatic heterocycles. The number of nitrogens with zero attached hydrogens (tertiary/aromatic N) is 2. The van der Waals surface area contributed by atoms with Crippen LogP contribution in [0.4, 0.5) is 5.82 Å². The maximum atomic E-state index is 11.0. The lowest BCUT2D eigenvalue weighted by atomic mass is 10.1. The summed E-state index contributed by atoms with van der Waals surface area (Å²) in [7, 11) is 1.67. The Morgan fingerprint density at radius 1 is 1.45 bits per heavy atom. The van der Waals surface area contributed by atoms with Gasteiger partial charge in [0.15, 0.2) is 0 Å². The molecular formula is C14H17N3O3. The summed E-state index contributed by atoms with van der Waals surface area (Å²) in [6.45, 7) is 2.71. The third-order valence-electron chi connectivity index (χ3n) is 3.02. The third-order valence-corrected chi connectivity index (χ3v) is 3.02. The third kappa shape index (κ3) is 3.21. The number of hydrogen-bond donors (Lipinski definition) is 2. The maximum absolute atomic E-state index is 11.0. The van der Waals surface area contributed by atoms with Crippen LogP contribution in [0, 0.1) is 0 Å². The van der Waals surface area contributed by atoms with Crippen molar-refractivity contribution in [3.63, 3.8) is 0 Å². The Labute approximate surface area is 116 Å². The van der Waals surface area contributed by atoms with E-state index >= 15 is 0 Å². The minimum Gasteiger partial charge on any atom is -0.478 e. The number of benzene rings is 1. The molecule has 6 nitrogen and oxygen atoms in total. The average Bonchev–Trinajstić information content (AvgIpc) is 2.44. The first-order valence-electron chi connectivity index (χ1n) is 6.35. The topological polar surface area (TPSA) is 84.3 Å². The van der Waals surface area contributed by atoms with E-state index in [-0.39, 0.29) is 11.6 Å². The highest BCUT2D eigenvalue weighted by molar-refractivity contribution is 5.96. The summed E-state index contributed by atoms with van der Waals surface area (Å²) in [5.74, 6) is -0.260. The fourth-order valence-corrected chi connectivity index (χ4v) is 1.91. The highest BCUT2D eigenvalue weighted by atomic mass is 16.5. The molecule has 6 heteroatoms. The molecule has 1 aromatic carbocycles. The number of aromatic carboxylic acids is 1. The fraction of sp³-hybridized carbons (Fsp3) is 0.357. The molecule has 0 aliphatic heterocycles. The first kappa shape index (κ1) is 14.2. The zero-order chi connectivity index (χ0) is 14.5. The van der Waals surface area contributed by atoms with E-state index < -0.39 is 5.97 Å². The van der Waals surface area contributed by atoms with Crippen LogP contribution in [0.1, 0.15) is 23.7 Å². The second-order valence-corrected chi connectivity index (χ2v) is 4.59. The monoisotopic (exact) mass is 275 g/mol. The molecule has 1 heterocycles. The minimum atomic E-state index is -0.964. The van der Waals surface area contributed by atoms with E-state index in [0.29, 0.717) is 17.9 Å². The number of carboxylic acid groups (broad SMARTS) is 1. The molecule has 1 atom stereocenters. The second kappa shape index (κ2) is 6.29. The van der Waals surface area contributed by atoms with Crippen LogP contribution in [0.3, 0.4) is 0 Å². The number of fused-ring (bicyclic) bond motifs is 1. The van der Waals surface area contributed by atoms with E-state index in [9.17, 15) is 4.79 Å². The van der Waals surface area contributed by atoms with E-state index in [1.165, 1.54) is 6.33 Å². The number of hydrogen-bond acceptors (Lipinski definition) is 5. The smallest absolute Gasteiger partial charge is 0.335 e. The van der Waals surface area contributed by atoms with Gasteiger partial charge in [0.05, 0.1) is 11.1 Å². The predicted octanol–water partition coefficient (Wildman–Crippen LogP) is 2.16. The number of carboxylic acids is 1. The summed E-state index contributed by atoms with van der Waals surface area (Å²) in [5.41, 5.74) is 0.830. The number of aromatic nitrogens is 2. The van der Waals surface area contributed by atoms with Gasteiger partial charge in [-0.3, -0.25) is 0 Å². The molecule has 1 unspecified atom stereocenters. The Bertz CT molecular complexity index is 616. The quantitative estimate of drug-likeness (QED) is 0.840. The van der Waals surface area contributed by atoms with Crippen molar-refractivity contribution in [2.45, 2.75) is 19.4 Å². The summed E-state index contributed by atoms with van der Waals surface area (Å²) in [6, 6.07) is 5.03. The maximum Gasteiger partial charge on any atom is 0.335 e. The molecule has 2 N–H and O–H groups in total. The number of ether oxygens (including phenoxy) is 1. The molecule has 20 heavy (non-hydrogen) atoms. The molecule has 0 spiro atoms. The standard InChI is InChI=1S/C14H17N3O3/c1-9(5-6-20-2)17-13-11-4-3-10(14(18)19)7-12(11)15-8-16-13/h3-4,7-9H,5-6H2,1-2H3,(H,18,19)(H,15,16,17). The summed E-state index contributed by atoms with van der Waals surface area (Å²) >= 11 is 0. The van der Waals surface area contributed by atoms with Gasteiger partial charge in [0.2, 0.25) is 0 Å². The van der Waals surface area contributed by atoms with Gasteiger partial charge in [0.1, 0.15) is 12.1 Å². The van der Waals surface area contributed by atoms with Crippen molar-refractivity contribution in [2.75, 3.05) is 19.0 Å². The normalized spacial score (nSPS) is 12.3. The summed E-state index contributed by atoms with van der Waals surface area (Å²) in [5, 5.41) is 13.1. The Morgan fingerprint density at radius 3 is 2.95 bits per heavy atom. The van der Waals surface area contributed by atoms with Gasteiger partial charge >= 0.3 is 5.97 Å². The van der Waals surface area contributed by atoms with Gasteiger partial charge in [-0.2, -0.15) is 0 Å². The number of anilines is 1. The molecular weight excluding hydrogens is 258 g/mol. The van der Waals surface area contributed by atoms with Gasteiger partial charge in [-0.15, -0.1) is 0 Å². The van der Waals surface area contributed by atoms with Crippen molar-refractivity contribution in [2.24, 2.45) is 0 Å². The van der Waals surface area contributed by atoms with Crippen LogP contribution < -0.4 is 5.32 Å². The molecule has 0 radical (unpaired) electrons. The van der Waals surface area contributed by atoms with Crippen LogP contribution in [-0.2, 0) is 4.74 Å². The predicted molar refractivity (Wildman–Crippen MR) is 76.1 cm³/mol. The molecule has 0 amide bonds. The molecule has 2 aromatic rings. The summed E-state index contributed by atoms with van der Waals surface area (Å²) < 4.78 is 5.04. The lowest BCUT2D eigenvalue weighted by Gasteiger charge is -2.15. The van der Waals surface area contributed by atoms with E-state index in [1.54, 1.807) is 25.3 Å². The Kier molecular flexibility index (Phi) is 4.47. The lowest BCUT2D eigenvalue weighted by molar-refractivity contribution is 0.0697. The van der Waals surface area contributed by atoms with E-state index in [4.69, 9.17) is 9.84 Å². The summed E-state index contributed by atoms with van der Waals surface area (Å²) in [6.07, 6.45) is 2.29. The van der Waals surface area contributed by atoms with Gasteiger partial charge in [-0.1, -0.05) is 0 Å². The number of nitrogens with one attached hydrogen (secondary N) is 1. The van der Waals surface area contributed by atoms with E-state index in [2.05, 4.69) is 15.3 Å². The Hall–Kier alpha value is -2.21. The van der Waals surface area contributed by atoms with Gasteiger partial charge in [0, 0.05) is 25.1 Å². The second-order valence-electron chi connectivity index (χ2n) is 4.59. The highest BCUT2D eigenvalue weighted by Gasteiger charge is 2.10. The lowest BCUT2D eigenvalue weighted by Crippen LogP contribution is -2.18. The van der Waals surface area contributed by atoms with Gasteiger partial charge in [-0.05, 0) is 31.5 Å². The zero-order valence-corrected chi connectivity index (χ0v) is 11.5. The molecule has 106 valence electrons. The largest absolute Gasteiger partial charge is 0.478 e. The van der Waals surface area contributed by atoms with E-state index in [0.717, 1.165) is 11.8 Å². The Morgan fingerprint density at radius 2 is 2.25 bits per heavy atom. The van der Waals surface area contributed by atoms with Crippen LogP contribution in [-0.4, -0.2) is 40.8 Å². The summed E-state index contributed by atoms with van der Waals surface area (Å²) in [4.78, 5) is 19.3. The van der Waals surface area contributed by atoms with Gasteiger partial charge in [-0.25, -0.2) is 14.8 Å². The van der Waals surface area contributed by atoms with Crippen LogP contribution in [0.2, 0.25) is 0 Å². The molecule has 2 rings (SSSR count). The highest BCUT2D eigenvalue weighted by Crippen LogP contribution is 2.21. The number of methoxy groups -OCH3 is 1. The van der Waals surface area contributed by atoms with Crippen molar-refractivity contribution in [1.29, 1.82) is 0 Å². The zero-order valence-electron chi connectivity index (χ0n) is 11.5. The van der Waals surface area contributed by atoms with Crippen molar-refractivity contribution < 1.29 is 14.6 Å². The van der Waals surface area contributed by atoms with Gasteiger partial charge in [0.25, 0.3) is 0 Å². The molecule has 0 aliphatic carbocycles. The van der Waals surface area contributed by atoms with Crippen molar-refractivity contribution in [3.8, 4) is 0 Å². The fourth-order valence-electron chi connectivity index (χ4n) is 1.91. The van der Waals surface area contributed by atoms with Crippen molar-refractivity contribution >= 4 is 22.7 Å². The average molecular weight is 275 g/mol. The van der Waals surface area contributed by atoms with Crippen LogP contribution in [0.15, 0.2) is 24.5 Å². The number of rotatable bonds is 6. The molecule has 0 bridgehead atoms. The van der Waals surface area contributed by atoms with Gasteiger partial charge < -0.3 is 15.2 Å². The Balaban J connectivity index is 2.28. The first-order chi connectivity index (χ1) is 9.61. The first-order valence-corrected chi connectivity index (χ1v) is 6.35. The van der Waals surface area contributed by atoms with Crippen LogP contribution >= 0.6 is 0 Å². The van der Waals surface area contributed by atoms with Crippen LogP contribution in [0.5, 0.6) is 0 Å². The van der Waals surface area contributed by atoms with Crippen molar-refractivity contribution in [1.82, 2.24) is 9.97 Å². The molecule has 0 saturated heterocycles. The van der Waals surface area contributed by atoms with Crippen molar-refractivity contribution in [3.05, 3.63) is 30.1 Å². The molecule has 0 saturated carbocycles. The van der Waals surface area contributed by atoms with Crippen LogP contribution in [0.25, 0.3) is 10.9 Å². The van der Waals surface area contributed by atoms with E-state index in [1.807, 2.05) is 6.92 Å². The number of carbonyl (C=O) groups is 1. The molecule has 0 aliphatic rings. The minimum absolute atomic E-state index is 0.201. The molecule has 0 fully saturated rings.